The van der Waals surface area contributed by atoms with Gasteiger partial charge in [0.25, 0.3) is 0 Å². The SMILES string of the molecule is COC1CN(C(=O)Cc2ccc(OCC[C@@H]3C[C@@H]3C3CCN(c4nc(C(C)C)no4)CC3)cc2)C1. The molecular formula is C27H38N4O4. The Kier molecular flexibility index (Phi) is 7.27. The van der Waals surface area contributed by atoms with E-state index in [-0.39, 0.29) is 12.0 Å². The molecule has 190 valence electrons. The Morgan fingerprint density at radius 1 is 1.17 bits per heavy atom. The molecule has 1 aliphatic carbocycles. The summed E-state index contributed by atoms with van der Waals surface area (Å²) in [5, 5.41) is 4.10. The molecule has 1 aromatic carbocycles. The van der Waals surface area contributed by atoms with Crippen molar-refractivity contribution in [3.8, 4) is 5.75 Å². The van der Waals surface area contributed by atoms with E-state index in [4.69, 9.17) is 14.0 Å². The van der Waals surface area contributed by atoms with E-state index in [9.17, 15) is 4.79 Å². The Labute approximate surface area is 207 Å². The highest BCUT2D eigenvalue weighted by molar-refractivity contribution is 5.79. The van der Waals surface area contributed by atoms with Gasteiger partial charge in [-0.1, -0.05) is 31.1 Å². The van der Waals surface area contributed by atoms with Crippen LogP contribution in [0, 0.1) is 17.8 Å². The van der Waals surface area contributed by atoms with Crippen LogP contribution < -0.4 is 9.64 Å². The summed E-state index contributed by atoms with van der Waals surface area (Å²) < 4.78 is 16.7. The number of hydrogen-bond acceptors (Lipinski definition) is 7. The molecule has 0 N–H and O–H groups in total. The molecule has 35 heavy (non-hydrogen) atoms. The maximum absolute atomic E-state index is 12.3. The highest BCUT2D eigenvalue weighted by Gasteiger charge is 2.43. The summed E-state index contributed by atoms with van der Waals surface area (Å²) in [5.41, 5.74) is 1.03. The third kappa shape index (κ3) is 5.80. The number of nitrogens with zero attached hydrogens (tertiary/aromatic N) is 4. The first-order chi connectivity index (χ1) is 17.0. The summed E-state index contributed by atoms with van der Waals surface area (Å²) >= 11 is 0. The van der Waals surface area contributed by atoms with E-state index >= 15 is 0 Å². The fourth-order valence-electron chi connectivity index (χ4n) is 5.40. The van der Waals surface area contributed by atoms with Crippen LogP contribution in [0.4, 0.5) is 6.01 Å². The monoisotopic (exact) mass is 482 g/mol. The number of benzene rings is 1. The lowest BCUT2D eigenvalue weighted by molar-refractivity contribution is -0.142. The Morgan fingerprint density at radius 3 is 2.57 bits per heavy atom. The number of anilines is 1. The summed E-state index contributed by atoms with van der Waals surface area (Å²) in [6, 6.07) is 8.66. The van der Waals surface area contributed by atoms with Gasteiger partial charge in [-0.05, 0) is 61.1 Å². The summed E-state index contributed by atoms with van der Waals surface area (Å²) in [6.45, 7) is 8.34. The first-order valence-corrected chi connectivity index (χ1v) is 13.1. The van der Waals surface area contributed by atoms with Crippen molar-refractivity contribution in [1.82, 2.24) is 15.0 Å². The molecule has 2 atom stereocenters. The van der Waals surface area contributed by atoms with E-state index < -0.39 is 0 Å². The molecule has 5 rings (SSSR count). The predicted molar refractivity (Wildman–Crippen MR) is 133 cm³/mol. The molecule has 0 bridgehead atoms. The fraction of sp³-hybridized carbons (Fsp3) is 0.667. The van der Waals surface area contributed by atoms with Crippen LogP contribution in [0.15, 0.2) is 28.8 Å². The van der Waals surface area contributed by atoms with Crippen LogP contribution in [-0.2, 0) is 16.0 Å². The fourth-order valence-corrected chi connectivity index (χ4v) is 5.40. The molecule has 2 aliphatic heterocycles. The van der Waals surface area contributed by atoms with Crippen LogP contribution in [0.25, 0.3) is 0 Å². The van der Waals surface area contributed by atoms with Gasteiger partial charge in [0.1, 0.15) is 5.75 Å². The molecule has 0 unspecified atom stereocenters. The Balaban J connectivity index is 0.981. The van der Waals surface area contributed by atoms with Crippen molar-refractivity contribution < 1.29 is 18.8 Å². The van der Waals surface area contributed by atoms with Gasteiger partial charge in [-0.25, -0.2) is 0 Å². The number of amides is 1. The Morgan fingerprint density at radius 2 is 1.91 bits per heavy atom. The van der Waals surface area contributed by atoms with E-state index in [1.165, 1.54) is 19.3 Å². The predicted octanol–water partition coefficient (Wildman–Crippen LogP) is 3.91. The third-order valence-corrected chi connectivity index (χ3v) is 7.91. The molecule has 3 aliphatic rings. The summed E-state index contributed by atoms with van der Waals surface area (Å²) in [7, 11) is 1.69. The number of likely N-dealkylation sites (tertiary alicyclic amines) is 1. The van der Waals surface area contributed by atoms with Crippen LogP contribution >= 0.6 is 0 Å². The van der Waals surface area contributed by atoms with Crippen molar-refractivity contribution in [2.24, 2.45) is 17.8 Å². The zero-order valence-corrected chi connectivity index (χ0v) is 21.2. The van der Waals surface area contributed by atoms with Crippen molar-refractivity contribution in [2.45, 2.75) is 58.0 Å². The van der Waals surface area contributed by atoms with Crippen molar-refractivity contribution in [3.05, 3.63) is 35.7 Å². The number of methoxy groups -OCH3 is 1. The minimum atomic E-state index is 0.162. The van der Waals surface area contributed by atoms with Gasteiger partial charge in [0.15, 0.2) is 5.82 Å². The molecule has 0 radical (unpaired) electrons. The van der Waals surface area contributed by atoms with Crippen LogP contribution in [0.3, 0.4) is 0 Å². The molecule has 2 saturated heterocycles. The van der Waals surface area contributed by atoms with Gasteiger partial charge < -0.3 is 23.8 Å². The van der Waals surface area contributed by atoms with Gasteiger partial charge >= 0.3 is 6.01 Å². The second-order valence-corrected chi connectivity index (χ2v) is 10.7. The van der Waals surface area contributed by atoms with Gasteiger partial charge in [-0.15, -0.1) is 0 Å². The summed E-state index contributed by atoms with van der Waals surface area (Å²) in [5.74, 6) is 4.55. The van der Waals surface area contributed by atoms with Crippen LogP contribution in [-0.4, -0.2) is 66.9 Å². The second kappa shape index (κ2) is 10.6. The van der Waals surface area contributed by atoms with Gasteiger partial charge in [-0.2, -0.15) is 4.98 Å². The molecule has 8 nitrogen and oxygen atoms in total. The lowest BCUT2D eigenvalue weighted by atomic mass is 9.90. The largest absolute Gasteiger partial charge is 0.494 e. The maximum Gasteiger partial charge on any atom is 0.324 e. The van der Waals surface area contributed by atoms with Crippen LogP contribution in [0.5, 0.6) is 5.75 Å². The number of rotatable bonds is 10. The minimum absolute atomic E-state index is 0.162. The first-order valence-electron chi connectivity index (χ1n) is 13.1. The van der Waals surface area contributed by atoms with Gasteiger partial charge in [0, 0.05) is 39.2 Å². The average molecular weight is 483 g/mol. The number of carbonyl (C=O) groups is 1. The van der Waals surface area contributed by atoms with E-state index in [2.05, 4.69) is 28.9 Å². The Bertz CT molecular complexity index is 977. The van der Waals surface area contributed by atoms with E-state index in [0.717, 1.165) is 61.0 Å². The Hall–Kier alpha value is -2.61. The van der Waals surface area contributed by atoms with Gasteiger partial charge in [-0.3, -0.25) is 4.79 Å². The highest BCUT2D eigenvalue weighted by Crippen LogP contribution is 2.50. The molecule has 1 amide bonds. The number of piperidine rings is 1. The summed E-state index contributed by atoms with van der Waals surface area (Å²) in [6.07, 6.45) is 5.47. The van der Waals surface area contributed by atoms with Crippen molar-refractivity contribution in [1.29, 1.82) is 0 Å². The standard InChI is InChI=1S/C27H38N4O4/c1-18(2)26-28-27(35-29-26)30-11-8-20(9-12-30)24-15-21(24)10-13-34-22-6-4-19(5-7-22)14-25(32)31-16-23(17-31)33-3/h4-7,18,20-21,23-24H,8-17H2,1-3H3/t21-,24-/m1/s1. The smallest absolute Gasteiger partial charge is 0.324 e. The van der Waals surface area contributed by atoms with Crippen molar-refractivity contribution in [2.75, 3.05) is 44.8 Å². The zero-order chi connectivity index (χ0) is 24.4. The number of carbonyl (C=O) groups excluding carboxylic acids is 1. The molecule has 8 heteroatoms. The van der Waals surface area contributed by atoms with Crippen LogP contribution in [0.1, 0.15) is 56.8 Å². The second-order valence-electron chi connectivity index (χ2n) is 10.7. The summed E-state index contributed by atoms with van der Waals surface area (Å²) in [4.78, 5) is 20.9. The number of ether oxygens (including phenoxy) is 2. The van der Waals surface area contributed by atoms with Gasteiger partial charge in [0.2, 0.25) is 5.91 Å². The van der Waals surface area contributed by atoms with Crippen LogP contribution in [0.2, 0.25) is 0 Å². The van der Waals surface area contributed by atoms with E-state index in [0.29, 0.717) is 31.4 Å². The highest BCUT2D eigenvalue weighted by atomic mass is 16.5. The quantitative estimate of drug-likeness (QED) is 0.508. The molecule has 0 spiro atoms. The lowest BCUT2D eigenvalue weighted by Gasteiger charge is -2.38. The molecule has 1 aromatic heterocycles. The average Bonchev–Trinajstić information content (AvgIpc) is 3.42. The van der Waals surface area contributed by atoms with E-state index in [1.807, 2.05) is 29.2 Å². The minimum Gasteiger partial charge on any atom is -0.494 e. The van der Waals surface area contributed by atoms with Crippen molar-refractivity contribution >= 4 is 11.9 Å². The molecular weight excluding hydrogens is 444 g/mol. The van der Waals surface area contributed by atoms with Gasteiger partial charge in [0.05, 0.1) is 19.1 Å². The maximum atomic E-state index is 12.3. The lowest BCUT2D eigenvalue weighted by Crippen LogP contribution is -2.54. The van der Waals surface area contributed by atoms with E-state index in [1.54, 1.807) is 7.11 Å². The van der Waals surface area contributed by atoms with Crippen molar-refractivity contribution in [3.63, 3.8) is 0 Å². The normalized spacial score (nSPS) is 23.0. The molecule has 3 heterocycles. The third-order valence-electron chi connectivity index (χ3n) is 7.91. The molecule has 1 saturated carbocycles. The first kappa shape index (κ1) is 24.1. The number of aromatic nitrogens is 2. The molecule has 3 fully saturated rings. The number of hydrogen-bond donors (Lipinski definition) is 0. The zero-order valence-electron chi connectivity index (χ0n) is 21.2. The molecule has 2 aromatic rings. The topological polar surface area (TPSA) is 80.9 Å².